The molecule has 2 heterocycles. The van der Waals surface area contributed by atoms with E-state index in [1.165, 1.54) is 16.2 Å². The summed E-state index contributed by atoms with van der Waals surface area (Å²) in [4.78, 5) is 4.23. The second kappa shape index (κ2) is 5.69. The van der Waals surface area contributed by atoms with Gasteiger partial charge in [-0.15, -0.1) is 11.3 Å². The molecule has 1 atom stereocenters. The predicted octanol–water partition coefficient (Wildman–Crippen LogP) is 4.13. The van der Waals surface area contributed by atoms with Crippen molar-refractivity contribution in [2.45, 2.75) is 13.0 Å². The second-order valence-corrected chi connectivity index (χ2v) is 5.46. The molecule has 0 spiro atoms. The summed E-state index contributed by atoms with van der Waals surface area (Å²) in [6.07, 6.45) is 1.64. The summed E-state index contributed by atoms with van der Waals surface area (Å²) < 4.78 is 15.3. The molecule has 2 nitrogen and oxygen atoms in total. The average molecular weight is 286 g/mol. The van der Waals surface area contributed by atoms with Crippen molar-refractivity contribution in [1.82, 2.24) is 10.3 Å². The number of hydrogen-bond acceptors (Lipinski definition) is 3. The zero-order valence-corrected chi connectivity index (χ0v) is 12.0. The lowest BCUT2D eigenvalue weighted by Crippen LogP contribution is -2.24. The Morgan fingerprint density at radius 2 is 2.15 bits per heavy atom. The van der Waals surface area contributed by atoms with Crippen molar-refractivity contribution >= 4 is 21.4 Å². The minimum atomic E-state index is -0.271. The summed E-state index contributed by atoms with van der Waals surface area (Å²) in [6.45, 7) is 2.77. The van der Waals surface area contributed by atoms with Gasteiger partial charge in [0, 0.05) is 10.9 Å². The number of halogens is 1. The van der Waals surface area contributed by atoms with Crippen LogP contribution in [0.4, 0.5) is 4.39 Å². The lowest BCUT2D eigenvalue weighted by Gasteiger charge is -2.19. The van der Waals surface area contributed by atoms with E-state index >= 15 is 0 Å². The number of aromatic nitrogens is 1. The van der Waals surface area contributed by atoms with Gasteiger partial charge >= 0.3 is 0 Å². The molecule has 3 rings (SSSR count). The van der Waals surface area contributed by atoms with E-state index in [9.17, 15) is 4.39 Å². The average Bonchev–Trinajstić information content (AvgIpc) is 2.94. The molecule has 0 fully saturated rings. The van der Waals surface area contributed by atoms with E-state index in [2.05, 4.69) is 27.8 Å². The van der Waals surface area contributed by atoms with Crippen molar-refractivity contribution in [2.24, 2.45) is 0 Å². The van der Waals surface area contributed by atoms with Crippen molar-refractivity contribution < 1.29 is 4.39 Å². The maximum atomic E-state index is 14.1. The third-order valence-electron chi connectivity index (χ3n) is 3.29. The SMILES string of the molecule is CCNC(c1ncccc1F)c1cccc2ccsc12. The van der Waals surface area contributed by atoms with Crippen LogP contribution in [0.25, 0.3) is 10.1 Å². The summed E-state index contributed by atoms with van der Waals surface area (Å²) in [5.74, 6) is -0.271. The van der Waals surface area contributed by atoms with Crippen LogP contribution in [0.1, 0.15) is 24.2 Å². The molecule has 0 radical (unpaired) electrons. The first-order chi connectivity index (χ1) is 9.81. The van der Waals surface area contributed by atoms with Gasteiger partial charge in [0.25, 0.3) is 0 Å². The fourth-order valence-corrected chi connectivity index (χ4v) is 3.36. The van der Waals surface area contributed by atoms with Crippen LogP contribution in [0.3, 0.4) is 0 Å². The van der Waals surface area contributed by atoms with Gasteiger partial charge in [0.2, 0.25) is 0 Å². The highest BCUT2D eigenvalue weighted by Crippen LogP contribution is 2.32. The molecule has 0 amide bonds. The number of benzene rings is 1. The van der Waals surface area contributed by atoms with Crippen LogP contribution in [-0.4, -0.2) is 11.5 Å². The van der Waals surface area contributed by atoms with Crippen molar-refractivity contribution in [3.8, 4) is 0 Å². The highest BCUT2D eigenvalue weighted by molar-refractivity contribution is 7.17. The molecular formula is C16H15FN2S. The fraction of sp³-hybridized carbons (Fsp3) is 0.188. The van der Waals surface area contributed by atoms with Gasteiger partial charge in [-0.3, -0.25) is 4.98 Å². The number of rotatable bonds is 4. The summed E-state index contributed by atoms with van der Waals surface area (Å²) in [7, 11) is 0. The molecule has 1 N–H and O–H groups in total. The fourth-order valence-electron chi connectivity index (χ4n) is 2.41. The number of thiophene rings is 1. The third-order valence-corrected chi connectivity index (χ3v) is 4.27. The van der Waals surface area contributed by atoms with Crippen LogP contribution < -0.4 is 5.32 Å². The Bertz CT molecular complexity index is 723. The number of nitrogens with zero attached hydrogens (tertiary/aromatic N) is 1. The first-order valence-corrected chi connectivity index (χ1v) is 7.49. The Morgan fingerprint density at radius 1 is 1.25 bits per heavy atom. The van der Waals surface area contributed by atoms with Gasteiger partial charge in [0.15, 0.2) is 0 Å². The highest BCUT2D eigenvalue weighted by atomic mass is 32.1. The highest BCUT2D eigenvalue weighted by Gasteiger charge is 2.20. The number of hydrogen-bond donors (Lipinski definition) is 1. The predicted molar refractivity (Wildman–Crippen MR) is 81.5 cm³/mol. The van der Waals surface area contributed by atoms with Gasteiger partial charge in [-0.1, -0.05) is 25.1 Å². The van der Waals surface area contributed by atoms with Crippen LogP contribution in [0.15, 0.2) is 48.0 Å². The maximum Gasteiger partial charge on any atom is 0.146 e. The lowest BCUT2D eigenvalue weighted by atomic mass is 10.0. The zero-order chi connectivity index (χ0) is 13.9. The molecule has 0 aliphatic heterocycles. The van der Waals surface area contributed by atoms with Crippen molar-refractivity contribution in [1.29, 1.82) is 0 Å². The molecule has 102 valence electrons. The molecule has 3 aromatic rings. The smallest absolute Gasteiger partial charge is 0.146 e. The Balaban J connectivity index is 2.16. The summed E-state index contributed by atoms with van der Waals surface area (Å²) in [6, 6.07) is 11.1. The quantitative estimate of drug-likeness (QED) is 0.780. The van der Waals surface area contributed by atoms with Gasteiger partial charge in [0.1, 0.15) is 5.82 Å². The number of nitrogens with one attached hydrogen (secondary N) is 1. The van der Waals surface area contributed by atoms with E-state index in [1.807, 2.05) is 19.1 Å². The molecule has 2 aromatic heterocycles. The van der Waals surface area contributed by atoms with Crippen molar-refractivity contribution in [3.63, 3.8) is 0 Å². The van der Waals surface area contributed by atoms with Crippen LogP contribution in [0.5, 0.6) is 0 Å². The third kappa shape index (κ3) is 2.32. The number of fused-ring (bicyclic) bond motifs is 1. The zero-order valence-electron chi connectivity index (χ0n) is 11.1. The topological polar surface area (TPSA) is 24.9 Å². The molecule has 0 aliphatic carbocycles. The standard InChI is InChI=1S/C16H15FN2S/c1-2-18-14(15-13(17)7-4-9-19-15)12-6-3-5-11-8-10-20-16(11)12/h3-10,14,18H,2H2,1H3. The van der Waals surface area contributed by atoms with Crippen LogP contribution in [-0.2, 0) is 0 Å². The van der Waals surface area contributed by atoms with Crippen LogP contribution in [0, 0.1) is 5.82 Å². The van der Waals surface area contributed by atoms with Gasteiger partial charge < -0.3 is 5.32 Å². The maximum absolute atomic E-state index is 14.1. The molecular weight excluding hydrogens is 271 g/mol. The van der Waals surface area contributed by atoms with E-state index in [1.54, 1.807) is 23.6 Å². The molecule has 0 aliphatic rings. The van der Waals surface area contributed by atoms with Gasteiger partial charge in [0.05, 0.1) is 11.7 Å². The molecule has 0 saturated heterocycles. The lowest BCUT2D eigenvalue weighted by molar-refractivity contribution is 0.545. The summed E-state index contributed by atoms with van der Waals surface area (Å²) >= 11 is 1.68. The molecule has 0 bridgehead atoms. The molecule has 1 aromatic carbocycles. The monoisotopic (exact) mass is 286 g/mol. The Labute approximate surface area is 121 Å². The largest absolute Gasteiger partial charge is 0.305 e. The first-order valence-electron chi connectivity index (χ1n) is 6.61. The van der Waals surface area contributed by atoms with Crippen LogP contribution >= 0.6 is 11.3 Å². The molecule has 4 heteroatoms. The minimum Gasteiger partial charge on any atom is -0.305 e. The van der Waals surface area contributed by atoms with Crippen molar-refractivity contribution in [2.75, 3.05) is 6.54 Å². The van der Waals surface area contributed by atoms with Gasteiger partial charge in [-0.05, 0) is 41.1 Å². The Hall–Kier alpha value is -1.78. The van der Waals surface area contributed by atoms with E-state index in [0.717, 1.165) is 12.1 Å². The second-order valence-electron chi connectivity index (χ2n) is 4.55. The van der Waals surface area contributed by atoms with E-state index in [4.69, 9.17) is 0 Å². The van der Waals surface area contributed by atoms with E-state index in [0.29, 0.717) is 5.69 Å². The minimum absolute atomic E-state index is 0.219. The first kappa shape index (κ1) is 13.2. The van der Waals surface area contributed by atoms with Gasteiger partial charge in [-0.25, -0.2) is 4.39 Å². The van der Waals surface area contributed by atoms with E-state index < -0.39 is 0 Å². The summed E-state index contributed by atoms with van der Waals surface area (Å²) in [5.41, 5.74) is 1.53. The van der Waals surface area contributed by atoms with Gasteiger partial charge in [-0.2, -0.15) is 0 Å². The number of pyridine rings is 1. The van der Waals surface area contributed by atoms with E-state index in [-0.39, 0.29) is 11.9 Å². The normalized spacial score (nSPS) is 12.7. The van der Waals surface area contributed by atoms with Crippen molar-refractivity contribution in [3.05, 3.63) is 65.0 Å². The molecule has 0 saturated carbocycles. The molecule has 20 heavy (non-hydrogen) atoms. The Morgan fingerprint density at radius 3 is 2.95 bits per heavy atom. The van der Waals surface area contributed by atoms with Crippen LogP contribution in [0.2, 0.25) is 0 Å². The Kier molecular flexibility index (Phi) is 3.76. The molecule has 1 unspecified atom stereocenters. The summed E-state index contributed by atoms with van der Waals surface area (Å²) in [5, 5.41) is 6.59.